The van der Waals surface area contributed by atoms with Gasteiger partial charge in [0.15, 0.2) is 0 Å². The molecule has 0 aromatic heterocycles. The van der Waals surface area contributed by atoms with E-state index in [0.717, 1.165) is 15.4 Å². The lowest BCUT2D eigenvalue weighted by Gasteiger charge is -2.11. The minimum atomic E-state index is -3.33. The molecule has 0 unspecified atom stereocenters. The molecular formula is C13H20N2O3S. The van der Waals surface area contributed by atoms with E-state index in [9.17, 15) is 13.2 Å². The predicted molar refractivity (Wildman–Crippen MR) is 76.6 cm³/mol. The first-order valence-corrected chi connectivity index (χ1v) is 7.60. The van der Waals surface area contributed by atoms with Crippen LogP contribution in [0.25, 0.3) is 0 Å². The molecule has 1 amide bonds. The summed E-state index contributed by atoms with van der Waals surface area (Å²) in [6.07, 6.45) is -0.0481. The maximum Gasteiger partial charge on any atom is 0.225 e. The topological polar surface area (TPSA) is 66.5 Å². The minimum absolute atomic E-state index is 0.0481. The van der Waals surface area contributed by atoms with Crippen LogP contribution >= 0.6 is 0 Å². The van der Waals surface area contributed by atoms with Gasteiger partial charge in [0.25, 0.3) is 0 Å². The lowest BCUT2D eigenvalue weighted by Crippen LogP contribution is -2.27. The van der Waals surface area contributed by atoms with Gasteiger partial charge in [0.05, 0.1) is 5.75 Å². The van der Waals surface area contributed by atoms with Crippen molar-refractivity contribution in [2.24, 2.45) is 0 Å². The first-order valence-electron chi connectivity index (χ1n) is 5.99. The Balaban J connectivity index is 2.61. The van der Waals surface area contributed by atoms with Gasteiger partial charge in [-0.05, 0) is 37.1 Å². The van der Waals surface area contributed by atoms with Gasteiger partial charge in [0, 0.05) is 26.2 Å². The molecule has 5 nitrogen and oxygen atoms in total. The summed E-state index contributed by atoms with van der Waals surface area (Å²) in [5.41, 5.74) is 2.80. The molecule has 0 saturated carbocycles. The summed E-state index contributed by atoms with van der Waals surface area (Å²) < 4.78 is 24.2. The SMILES string of the molecule is Cc1cc(C)cc(NC(=O)CCS(=O)(=O)N(C)C)c1. The number of amides is 1. The van der Waals surface area contributed by atoms with Crippen molar-refractivity contribution in [2.45, 2.75) is 20.3 Å². The molecule has 0 bridgehead atoms. The number of anilines is 1. The molecule has 1 aromatic carbocycles. The van der Waals surface area contributed by atoms with Gasteiger partial charge in [-0.15, -0.1) is 0 Å². The lowest BCUT2D eigenvalue weighted by molar-refractivity contribution is -0.115. The maximum atomic E-state index is 11.7. The monoisotopic (exact) mass is 284 g/mol. The van der Waals surface area contributed by atoms with Crippen molar-refractivity contribution in [3.8, 4) is 0 Å². The zero-order chi connectivity index (χ0) is 14.6. The van der Waals surface area contributed by atoms with E-state index < -0.39 is 10.0 Å². The molecule has 0 aliphatic heterocycles. The molecule has 0 aliphatic rings. The van der Waals surface area contributed by atoms with Crippen LogP contribution in [0.4, 0.5) is 5.69 Å². The van der Waals surface area contributed by atoms with Crippen molar-refractivity contribution in [2.75, 3.05) is 25.2 Å². The van der Waals surface area contributed by atoms with Crippen molar-refractivity contribution >= 4 is 21.6 Å². The molecule has 0 radical (unpaired) electrons. The molecule has 0 heterocycles. The molecule has 6 heteroatoms. The fourth-order valence-corrected chi connectivity index (χ4v) is 2.48. The smallest absolute Gasteiger partial charge is 0.225 e. The van der Waals surface area contributed by atoms with Crippen LogP contribution < -0.4 is 5.32 Å². The highest BCUT2D eigenvalue weighted by Gasteiger charge is 2.15. The molecule has 106 valence electrons. The molecule has 1 rings (SSSR count). The Labute approximate surface area is 114 Å². The van der Waals surface area contributed by atoms with Gasteiger partial charge in [0.1, 0.15) is 0 Å². The number of sulfonamides is 1. The fraction of sp³-hybridized carbons (Fsp3) is 0.462. The first kappa shape index (κ1) is 15.7. The highest BCUT2D eigenvalue weighted by molar-refractivity contribution is 7.89. The second kappa shape index (κ2) is 6.16. The summed E-state index contributed by atoms with van der Waals surface area (Å²) in [5.74, 6) is -0.480. The zero-order valence-corrected chi connectivity index (χ0v) is 12.5. The summed E-state index contributed by atoms with van der Waals surface area (Å²) in [7, 11) is -0.418. The van der Waals surface area contributed by atoms with E-state index in [1.54, 1.807) is 0 Å². The van der Waals surface area contributed by atoms with Gasteiger partial charge < -0.3 is 5.32 Å². The number of nitrogens with one attached hydrogen (secondary N) is 1. The van der Waals surface area contributed by atoms with Crippen LogP contribution in [0.3, 0.4) is 0 Å². The average molecular weight is 284 g/mol. The minimum Gasteiger partial charge on any atom is -0.326 e. The normalized spacial score (nSPS) is 11.6. The Hall–Kier alpha value is -1.40. The standard InChI is InChI=1S/C13H20N2O3S/c1-10-7-11(2)9-12(8-10)14-13(16)5-6-19(17,18)15(3)4/h7-9H,5-6H2,1-4H3,(H,14,16). The van der Waals surface area contributed by atoms with E-state index >= 15 is 0 Å². The highest BCUT2D eigenvalue weighted by atomic mass is 32.2. The summed E-state index contributed by atoms with van der Waals surface area (Å²) in [4.78, 5) is 11.7. The highest BCUT2D eigenvalue weighted by Crippen LogP contribution is 2.14. The quantitative estimate of drug-likeness (QED) is 0.891. The van der Waals surface area contributed by atoms with Crippen molar-refractivity contribution in [1.29, 1.82) is 0 Å². The van der Waals surface area contributed by atoms with Crippen molar-refractivity contribution in [1.82, 2.24) is 4.31 Å². The van der Waals surface area contributed by atoms with Crippen LogP contribution in [0.1, 0.15) is 17.5 Å². The van der Waals surface area contributed by atoms with Gasteiger partial charge >= 0.3 is 0 Å². The third kappa shape index (κ3) is 5.00. The van der Waals surface area contributed by atoms with Crippen molar-refractivity contribution < 1.29 is 13.2 Å². The average Bonchev–Trinajstić information content (AvgIpc) is 2.24. The number of aryl methyl sites for hydroxylation is 2. The number of hydrogen-bond donors (Lipinski definition) is 1. The van der Waals surface area contributed by atoms with Gasteiger partial charge in [-0.2, -0.15) is 0 Å². The Morgan fingerprint density at radius 3 is 2.16 bits per heavy atom. The van der Waals surface area contributed by atoms with E-state index in [-0.39, 0.29) is 18.1 Å². The van der Waals surface area contributed by atoms with Crippen LogP contribution in [0.15, 0.2) is 18.2 Å². The zero-order valence-electron chi connectivity index (χ0n) is 11.7. The van der Waals surface area contributed by atoms with Gasteiger partial charge in [-0.1, -0.05) is 6.07 Å². The Morgan fingerprint density at radius 2 is 1.68 bits per heavy atom. The number of nitrogens with zero attached hydrogens (tertiary/aromatic N) is 1. The Morgan fingerprint density at radius 1 is 1.16 bits per heavy atom. The van der Waals surface area contributed by atoms with E-state index in [4.69, 9.17) is 0 Å². The van der Waals surface area contributed by atoms with Crippen LogP contribution in [0, 0.1) is 13.8 Å². The van der Waals surface area contributed by atoms with Gasteiger partial charge in [-0.25, -0.2) is 12.7 Å². The number of rotatable bonds is 5. The lowest BCUT2D eigenvalue weighted by atomic mass is 10.1. The number of hydrogen-bond acceptors (Lipinski definition) is 3. The summed E-state index contributed by atoms with van der Waals surface area (Å²) in [6.45, 7) is 3.89. The molecule has 0 fully saturated rings. The third-order valence-corrected chi connectivity index (χ3v) is 4.48. The van der Waals surface area contributed by atoms with Crippen LogP contribution in [-0.4, -0.2) is 38.5 Å². The molecule has 0 saturated heterocycles. The number of carbonyl (C=O) groups excluding carboxylic acids is 1. The third-order valence-electron chi connectivity index (χ3n) is 2.65. The molecule has 0 atom stereocenters. The first-order chi connectivity index (χ1) is 8.70. The summed E-state index contributed by atoms with van der Waals surface area (Å²) in [5, 5.41) is 2.71. The van der Waals surface area contributed by atoms with E-state index in [1.165, 1.54) is 14.1 Å². The van der Waals surface area contributed by atoms with E-state index in [2.05, 4.69) is 5.32 Å². The predicted octanol–water partition coefficient (Wildman–Crippen LogP) is 1.52. The number of carbonyl (C=O) groups is 1. The van der Waals surface area contributed by atoms with E-state index in [0.29, 0.717) is 5.69 Å². The second-order valence-corrected chi connectivity index (χ2v) is 7.08. The summed E-state index contributed by atoms with van der Waals surface area (Å²) >= 11 is 0. The second-order valence-electron chi connectivity index (χ2n) is 4.77. The summed E-state index contributed by atoms with van der Waals surface area (Å²) in [6, 6.07) is 5.71. The Kier molecular flexibility index (Phi) is 5.08. The molecule has 0 spiro atoms. The van der Waals surface area contributed by atoms with E-state index in [1.807, 2.05) is 32.0 Å². The van der Waals surface area contributed by atoms with Crippen LogP contribution in [-0.2, 0) is 14.8 Å². The van der Waals surface area contributed by atoms with Crippen molar-refractivity contribution in [3.05, 3.63) is 29.3 Å². The van der Waals surface area contributed by atoms with Crippen LogP contribution in [0.5, 0.6) is 0 Å². The molecule has 0 aliphatic carbocycles. The molecule has 1 aromatic rings. The largest absolute Gasteiger partial charge is 0.326 e. The van der Waals surface area contributed by atoms with Crippen molar-refractivity contribution in [3.63, 3.8) is 0 Å². The van der Waals surface area contributed by atoms with Gasteiger partial charge in [0.2, 0.25) is 15.9 Å². The molecular weight excluding hydrogens is 264 g/mol. The fourth-order valence-electron chi connectivity index (χ4n) is 1.67. The Bertz CT molecular complexity index is 545. The van der Waals surface area contributed by atoms with Gasteiger partial charge in [-0.3, -0.25) is 4.79 Å². The molecule has 19 heavy (non-hydrogen) atoms. The van der Waals surface area contributed by atoms with Crippen LogP contribution in [0.2, 0.25) is 0 Å². The number of benzene rings is 1. The maximum absolute atomic E-state index is 11.7. The molecule has 1 N–H and O–H groups in total.